The van der Waals surface area contributed by atoms with Crippen LogP contribution in [-0.2, 0) is 17.8 Å². The third-order valence-electron chi connectivity index (χ3n) is 5.51. The zero-order valence-corrected chi connectivity index (χ0v) is 14.8. The summed E-state index contributed by atoms with van der Waals surface area (Å²) >= 11 is 0. The third-order valence-corrected chi connectivity index (χ3v) is 5.51. The Kier molecular flexibility index (Phi) is 4.41. The zero-order chi connectivity index (χ0) is 17.5. The number of carbonyl (C=O) groups is 2. The molecule has 0 saturated heterocycles. The minimum absolute atomic E-state index is 0.105. The summed E-state index contributed by atoms with van der Waals surface area (Å²) in [5, 5.41) is 9.17. The van der Waals surface area contributed by atoms with E-state index in [2.05, 4.69) is 20.8 Å². The van der Waals surface area contributed by atoms with Gasteiger partial charge in [-0.3, -0.25) is 4.79 Å². The molecule has 0 bridgehead atoms. The van der Waals surface area contributed by atoms with Crippen molar-refractivity contribution >= 4 is 11.9 Å². The van der Waals surface area contributed by atoms with Gasteiger partial charge in [-0.2, -0.15) is 0 Å². The van der Waals surface area contributed by atoms with Gasteiger partial charge in [-0.1, -0.05) is 26.8 Å². The molecule has 1 amide bonds. The smallest absolute Gasteiger partial charge is 0.335 e. The van der Waals surface area contributed by atoms with Crippen LogP contribution in [0.5, 0.6) is 0 Å². The van der Waals surface area contributed by atoms with Crippen molar-refractivity contribution < 1.29 is 14.7 Å². The van der Waals surface area contributed by atoms with E-state index in [1.807, 2.05) is 11.0 Å². The van der Waals surface area contributed by atoms with Crippen molar-refractivity contribution in [1.29, 1.82) is 0 Å². The lowest BCUT2D eigenvalue weighted by Gasteiger charge is -2.41. The average Bonchev–Trinajstić information content (AvgIpc) is 2.51. The number of rotatable bonds is 2. The molecule has 1 heterocycles. The molecule has 24 heavy (non-hydrogen) atoms. The standard InChI is InChI=1S/C20H27NO3/c1-13-8-16(11-20(2,3)10-13)18(22)21-7-6-14-4-5-15(19(23)24)9-17(14)12-21/h4-5,9,13,16H,6-8,10-12H2,1-3H3,(H,23,24). The fourth-order valence-corrected chi connectivity index (χ4v) is 4.67. The van der Waals surface area contributed by atoms with Crippen LogP contribution in [0.2, 0.25) is 0 Å². The van der Waals surface area contributed by atoms with Gasteiger partial charge in [0.25, 0.3) is 0 Å². The van der Waals surface area contributed by atoms with E-state index in [0.717, 1.165) is 31.4 Å². The molecular formula is C20H27NO3. The summed E-state index contributed by atoms with van der Waals surface area (Å²) in [7, 11) is 0. The molecule has 3 rings (SSSR count). The minimum atomic E-state index is -0.913. The summed E-state index contributed by atoms with van der Waals surface area (Å²) in [6.45, 7) is 8.04. The van der Waals surface area contributed by atoms with E-state index in [4.69, 9.17) is 0 Å². The summed E-state index contributed by atoms with van der Waals surface area (Å²) in [6.07, 6.45) is 3.92. The third kappa shape index (κ3) is 3.47. The number of fused-ring (bicyclic) bond motifs is 1. The highest BCUT2D eigenvalue weighted by Crippen LogP contribution is 2.42. The van der Waals surface area contributed by atoms with Crippen LogP contribution in [0.15, 0.2) is 18.2 Å². The van der Waals surface area contributed by atoms with Gasteiger partial charge in [0.1, 0.15) is 0 Å². The van der Waals surface area contributed by atoms with Crippen LogP contribution in [0.1, 0.15) is 61.5 Å². The molecule has 1 aromatic rings. The number of nitrogens with zero attached hydrogens (tertiary/aromatic N) is 1. The number of benzene rings is 1. The maximum atomic E-state index is 13.0. The Morgan fingerprint density at radius 3 is 2.62 bits per heavy atom. The van der Waals surface area contributed by atoms with E-state index in [1.54, 1.807) is 12.1 Å². The number of amides is 1. The Hall–Kier alpha value is -1.84. The number of hydrogen-bond acceptors (Lipinski definition) is 2. The minimum Gasteiger partial charge on any atom is -0.478 e. The average molecular weight is 329 g/mol. The first-order valence-corrected chi connectivity index (χ1v) is 8.89. The zero-order valence-electron chi connectivity index (χ0n) is 14.8. The first-order valence-electron chi connectivity index (χ1n) is 8.89. The Morgan fingerprint density at radius 1 is 1.21 bits per heavy atom. The molecule has 1 aliphatic heterocycles. The highest BCUT2D eigenvalue weighted by molar-refractivity contribution is 5.88. The molecule has 2 atom stereocenters. The fourth-order valence-electron chi connectivity index (χ4n) is 4.67. The van der Waals surface area contributed by atoms with Gasteiger partial charge in [-0.25, -0.2) is 4.79 Å². The SMILES string of the molecule is CC1CC(C(=O)N2CCc3ccc(C(=O)O)cc3C2)CC(C)(C)C1. The summed E-state index contributed by atoms with van der Waals surface area (Å²) in [6, 6.07) is 5.28. The van der Waals surface area contributed by atoms with Crippen LogP contribution in [0, 0.1) is 17.3 Å². The van der Waals surface area contributed by atoms with E-state index >= 15 is 0 Å². The van der Waals surface area contributed by atoms with Gasteiger partial charge in [0.15, 0.2) is 0 Å². The lowest BCUT2D eigenvalue weighted by Crippen LogP contribution is -2.43. The first-order chi connectivity index (χ1) is 11.2. The van der Waals surface area contributed by atoms with Crippen molar-refractivity contribution in [3.05, 3.63) is 34.9 Å². The van der Waals surface area contributed by atoms with Crippen LogP contribution in [-0.4, -0.2) is 28.4 Å². The van der Waals surface area contributed by atoms with Gasteiger partial charge >= 0.3 is 5.97 Å². The lowest BCUT2D eigenvalue weighted by molar-refractivity contribution is -0.139. The molecule has 1 fully saturated rings. The fraction of sp³-hybridized carbons (Fsp3) is 0.600. The van der Waals surface area contributed by atoms with E-state index in [9.17, 15) is 14.7 Å². The highest BCUT2D eigenvalue weighted by Gasteiger charge is 2.37. The van der Waals surface area contributed by atoms with Crippen LogP contribution in [0.3, 0.4) is 0 Å². The van der Waals surface area contributed by atoms with E-state index < -0.39 is 5.97 Å². The van der Waals surface area contributed by atoms with Crippen LogP contribution in [0.4, 0.5) is 0 Å². The number of carbonyl (C=O) groups excluding carboxylic acids is 1. The molecular weight excluding hydrogens is 302 g/mol. The number of aromatic carboxylic acids is 1. The maximum Gasteiger partial charge on any atom is 0.335 e. The first kappa shape index (κ1) is 17.0. The molecule has 2 aliphatic rings. The summed E-state index contributed by atoms with van der Waals surface area (Å²) in [5.74, 6) is 0.0245. The number of hydrogen-bond donors (Lipinski definition) is 1. The van der Waals surface area contributed by atoms with Crippen LogP contribution >= 0.6 is 0 Å². The molecule has 0 radical (unpaired) electrons. The van der Waals surface area contributed by atoms with Gasteiger partial charge in [-0.15, -0.1) is 0 Å². The Balaban J connectivity index is 1.76. The highest BCUT2D eigenvalue weighted by atomic mass is 16.4. The molecule has 2 unspecified atom stereocenters. The molecule has 0 aromatic heterocycles. The topological polar surface area (TPSA) is 57.6 Å². The summed E-state index contributed by atoms with van der Waals surface area (Å²) in [5.41, 5.74) is 2.68. The quantitative estimate of drug-likeness (QED) is 0.899. The summed E-state index contributed by atoms with van der Waals surface area (Å²) < 4.78 is 0. The molecule has 1 aliphatic carbocycles. The van der Waals surface area contributed by atoms with Gasteiger partial charge < -0.3 is 10.0 Å². The molecule has 1 saturated carbocycles. The van der Waals surface area contributed by atoms with Crippen molar-refractivity contribution in [3.8, 4) is 0 Å². The molecule has 4 heteroatoms. The Labute approximate surface area is 143 Å². The monoisotopic (exact) mass is 329 g/mol. The molecule has 1 N–H and O–H groups in total. The molecule has 0 spiro atoms. The van der Waals surface area contributed by atoms with E-state index in [0.29, 0.717) is 18.0 Å². The molecule has 4 nitrogen and oxygen atoms in total. The van der Waals surface area contributed by atoms with Gasteiger partial charge in [0.2, 0.25) is 5.91 Å². The second kappa shape index (κ2) is 6.23. The van der Waals surface area contributed by atoms with Crippen molar-refractivity contribution in [2.24, 2.45) is 17.3 Å². The predicted octanol–water partition coefficient (Wildman–Crippen LogP) is 3.73. The number of carboxylic acids is 1. The van der Waals surface area contributed by atoms with Crippen molar-refractivity contribution in [3.63, 3.8) is 0 Å². The van der Waals surface area contributed by atoms with Crippen molar-refractivity contribution in [2.75, 3.05) is 6.54 Å². The van der Waals surface area contributed by atoms with E-state index in [-0.39, 0.29) is 17.2 Å². The van der Waals surface area contributed by atoms with Crippen LogP contribution in [0.25, 0.3) is 0 Å². The van der Waals surface area contributed by atoms with Gasteiger partial charge in [0, 0.05) is 19.0 Å². The molecule has 130 valence electrons. The lowest BCUT2D eigenvalue weighted by atomic mass is 9.67. The Bertz CT molecular complexity index is 665. The van der Waals surface area contributed by atoms with Crippen molar-refractivity contribution in [2.45, 2.75) is 53.0 Å². The van der Waals surface area contributed by atoms with Crippen LogP contribution < -0.4 is 0 Å². The second-order valence-electron chi connectivity index (χ2n) is 8.41. The normalized spacial score (nSPS) is 25.9. The Morgan fingerprint density at radius 2 is 1.96 bits per heavy atom. The largest absolute Gasteiger partial charge is 0.478 e. The van der Waals surface area contributed by atoms with Gasteiger partial charge in [0.05, 0.1) is 5.56 Å². The van der Waals surface area contributed by atoms with Crippen molar-refractivity contribution in [1.82, 2.24) is 4.90 Å². The maximum absolute atomic E-state index is 13.0. The summed E-state index contributed by atoms with van der Waals surface area (Å²) in [4.78, 5) is 26.1. The van der Waals surface area contributed by atoms with Gasteiger partial charge in [-0.05, 0) is 60.3 Å². The van der Waals surface area contributed by atoms with E-state index in [1.165, 1.54) is 12.0 Å². The molecule has 1 aromatic carbocycles. The predicted molar refractivity (Wildman–Crippen MR) is 92.8 cm³/mol. The number of carboxylic acid groups (broad SMARTS) is 1. The second-order valence-corrected chi connectivity index (χ2v) is 8.41.